The van der Waals surface area contributed by atoms with Crippen molar-refractivity contribution in [1.29, 1.82) is 0 Å². The molecule has 2 nitrogen and oxygen atoms in total. The van der Waals surface area contributed by atoms with Crippen LogP contribution >= 0.6 is 44.5 Å². The predicted octanol–water partition coefficient (Wildman–Crippen LogP) is 4.75. The maximum Gasteiger partial charge on any atom is 0.256 e. The number of hydrogen-bond donors (Lipinski definition) is 2. The fraction of sp³-hybridized carbons (Fsp3) is 0. The van der Waals surface area contributed by atoms with E-state index >= 15 is 0 Å². The summed E-state index contributed by atoms with van der Waals surface area (Å²) in [5.41, 5.74) is 1.26. The molecule has 0 unspecified atom stereocenters. The van der Waals surface area contributed by atoms with E-state index < -0.39 is 0 Å². The standard InChI is InChI=1S/C13H9Br2NOS/c14-8-5-6-10(15)11(7-8)16-13(17)9-3-1-2-4-12(9)18/h1-7,18H,(H,16,17). The van der Waals surface area contributed by atoms with Crippen molar-refractivity contribution in [3.05, 3.63) is 57.0 Å². The first-order chi connectivity index (χ1) is 8.58. The fourth-order valence-electron chi connectivity index (χ4n) is 1.45. The zero-order valence-corrected chi connectivity index (χ0v) is 13.2. The summed E-state index contributed by atoms with van der Waals surface area (Å²) in [5, 5.41) is 2.84. The molecule has 0 spiro atoms. The molecule has 5 heteroatoms. The van der Waals surface area contributed by atoms with Gasteiger partial charge in [-0.25, -0.2) is 0 Å². The zero-order chi connectivity index (χ0) is 13.1. The van der Waals surface area contributed by atoms with Crippen molar-refractivity contribution < 1.29 is 4.79 Å². The van der Waals surface area contributed by atoms with E-state index in [0.29, 0.717) is 16.1 Å². The molecule has 18 heavy (non-hydrogen) atoms. The van der Waals surface area contributed by atoms with E-state index in [1.165, 1.54) is 0 Å². The van der Waals surface area contributed by atoms with Gasteiger partial charge in [0.1, 0.15) is 0 Å². The molecule has 92 valence electrons. The van der Waals surface area contributed by atoms with Crippen LogP contribution in [0.15, 0.2) is 56.3 Å². The molecule has 0 aliphatic heterocycles. The Labute approximate surface area is 127 Å². The van der Waals surface area contributed by atoms with Gasteiger partial charge < -0.3 is 5.32 Å². The van der Waals surface area contributed by atoms with Crippen molar-refractivity contribution in [3.8, 4) is 0 Å². The van der Waals surface area contributed by atoms with Crippen LogP contribution in [0.3, 0.4) is 0 Å². The lowest BCUT2D eigenvalue weighted by Gasteiger charge is -2.09. The fourth-order valence-corrected chi connectivity index (χ4v) is 2.42. The average Bonchev–Trinajstić information content (AvgIpc) is 2.34. The van der Waals surface area contributed by atoms with Crippen molar-refractivity contribution in [1.82, 2.24) is 0 Å². The van der Waals surface area contributed by atoms with Crippen LogP contribution in [0.5, 0.6) is 0 Å². The Morgan fingerprint density at radius 2 is 1.83 bits per heavy atom. The van der Waals surface area contributed by atoms with Crippen molar-refractivity contribution in [2.75, 3.05) is 5.32 Å². The number of amides is 1. The van der Waals surface area contributed by atoms with Gasteiger partial charge in [0, 0.05) is 13.8 Å². The van der Waals surface area contributed by atoms with E-state index in [1.807, 2.05) is 30.3 Å². The molecular weight excluding hydrogens is 378 g/mol. The minimum atomic E-state index is -0.181. The third kappa shape index (κ3) is 3.16. The maximum atomic E-state index is 12.1. The van der Waals surface area contributed by atoms with Crippen molar-refractivity contribution in [2.24, 2.45) is 0 Å². The van der Waals surface area contributed by atoms with Crippen LogP contribution < -0.4 is 5.32 Å². The van der Waals surface area contributed by atoms with Gasteiger partial charge in [-0.1, -0.05) is 28.1 Å². The summed E-state index contributed by atoms with van der Waals surface area (Å²) >= 11 is 11.0. The lowest BCUT2D eigenvalue weighted by atomic mass is 10.2. The molecule has 0 aliphatic rings. The molecule has 1 amide bonds. The quantitative estimate of drug-likeness (QED) is 0.716. The highest BCUT2D eigenvalue weighted by Gasteiger charge is 2.10. The molecule has 0 saturated heterocycles. The van der Waals surface area contributed by atoms with E-state index in [4.69, 9.17) is 0 Å². The number of carbonyl (C=O) groups is 1. The monoisotopic (exact) mass is 385 g/mol. The Kier molecular flexibility index (Phi) is 4.48. The van der Waals surface area contributed by atoms with Crippen LogP contribution in [0.25, 0.3) is 0 Å². The normalized spacial score (nSPS) is 10.2. The Bertz CT molecular complexity index is 601. The molecule has 2 aromatic rings. The smallest absolute Gasteiger partial charge is 0.256 e. The van der Waals surface area contributed by atoms with Gasteiger partial charge in [-0.3, -0.25) is 4.79 Å². The lowest BCUT2D eigenvalue weighted by molar-refractivity contribution is 0.102. The molecule has 0 saturated carbocycles. The Balaban J connectivity index is 2.27. The van der Waals surface area contributed by atoms with Crippen LogP contribution in [0.1, 0.15) is 10.4 Å². The number of thiol groups is 1. The van der Waals surface area contributed by atoms with Crippen LogP contribution in [-0.2, 0) is 0 Å². The third-order valence-corrected chi connectivity index (χ3v) is 3.90. The van der Waals surface area contributed by atoms with Gasteiger partial charge in [0.25, 0.3) is 5.91 Å². The summed E-state index contributed by atoms with van der Waals surface area (Å²) < 4.78 is 1.73. The predicted molar refractivity (Wildman–Crippen MR) is 83.5 cm³/mol. The lowest BCUT2D eigenvalue weighted by Crippen LogP contribution is -2.12. The minimum Gasteiger partial charge on any atom is -0.321 e. The number of carbonyl (C=O) groups excluding carboxylic acids is 1. The third-order valence-electron chi connectivity index (χ3n) is 2.33. The number of benzene rings is 2. The van der Waals surface area contributed by atoms with E-state index in [9.17, 15) is 4.79 Å². The first-order valence-corrected chi connectivity index (χ1v) is 7.15. The molecule has 0 heterocycles. The van der Waals surface area contributed by atoms with Gasteiger partial charge in [-0.05, 0) is 46.3 Å². The molecule has 0 aliphatic carbocycles. The van der Waals surface area contributed by atoms with Crippen LogP contribution in [0.4, 0.5) is 5.69 Å². The van der Waals surface area contributed by atoms with Gasteiger partial charge in [-0.2, -0.15) is 0 Å². The summed E-state index contributed by atoms with van der Waals surface area (Å²) in [7, 11) is 0. The first-order valence-electron chi connectivity index (χ1n) is 5.12. The second-order valence-corrected chi connectivity index (χ2v) is 5.85. The van der Waals surface area contributed by atoms with Crippen LogP contribution in [0, 0.1) is 0 Å². The number of rotatable bonds is 2. The van der Waals surface area contributed by atoms with E-state index in [1.54, 1.807) is 12.1 Å². The summed E-state index contributed by atoms with van der Waals surface area (Å²) in [6.07, 6.45) is 0. The molecule has 1 N–H and O–H groups in total. The molecule has 0 fully saturated rings. The van der Waals surface area contributed by atoms with Crippen molar-refractivity contribution in [3.63, 3.8) is 0 Å². The molecular formula is C13H9Br2NOS. The highest BCUT2D eigenvalue weighted by molar-refractivity contribution is 9.11. The SMILES string of the molecule is O=C(Nc1cc(Br)ccc1Br)c1ccccc1S. The molecule has 0 atom stereocenters. The van der Waals surface area contributed by atoms with E-state index in [-0.39, 0.29) is 5.91 Å². The minimum absolute atomic E-state index is 0.181. The van der Waals surface area contributed by atoms with Crippen molar-refractivity contribution in [2.45, 2.75) is 4.90 Å². The Morgan fingerprint density at radius 3 is 2.56 bits per heavy atom. The summed E-state index contributed by atoms with van der Waals surface area (Å²) in [6, 6.07) is 12.8. The highest BCUT2D eigenvalue weighted by atomic mass is 79.9. The molecule has 0 radical (unpaired) electrons. The molecule has 2 aromatic carbocycles. The van der Waals surface area contributed by atoms with Crippen LogP contribution in [-0.4, -0.2) is 5.91 Å². The van der Waals surface area contributed by atoms with Gasteiger partial charge in [0.05, 0.1) is 11.3 Å². The summed E-state index contributed by atoms with van der Waals surface area (Å²) in [6.45, 7) is 0. The van der Waals surface area contributed by atoms with Gasteiger partial charge in [0.2, 0.25) is 0 Å². The first kappa shape index (κ1) is 13.6. The zero-order valence-electron chi connectivity index (χ0n) is 9.15. The average molecular weight is 387 g/mol. The summed E-state index contributed by atoms with van der Waals surface area (Å²) in [4.78, 5) is 12.8. The maximum absolute atomic E-state index is 12.1. The second-order valence-electron chi connectivity index (χ2n) is 3.60. The number of nitrogens with one attached hydrogen (secondary N) is 1. The number of hydrogen-bond acceptors (Lipinski definition) is 2. The van der Waals surface area contributed by atoms with Crippen molar-refractivity contribution >= 4 is 56.1 Å². The Morgan fingerprint density at radius 1 is 1.11 bits per heavy atom. The topological polar surface area (TPSA) is 29.1 Å². The number of anilines is 1. The molecule has 0 bridgehead atoms. The second kappa shape index (κ2) is 5.91. The highest BCUT2D eigenvalue weighted by Crippen LogP contribution is 2.27. The molecule has 2 rings (SSSR count). The number of halogens is 2. The largest absolute Gasteiger partial charge is 0.321 e. The Hall–Kier alpha value is -0.780. The summed E-state index contributed by atoms with van der Waals surface area (Å²) in [5.74, 6) is -0.181. The van der Waals surface area contributed by atoms with E-state index in [0.717, 1.165) is 8.95 Å². The van der Waals surface area contributed by atoms with Gasteiger partial charge in [-0.15, -0.1) is 12.6 Å². The van der Waals surface area contributed by atoms with Gasteiger partial charge >= 0.3 is 0 Å². The molecule has 0 aromatic heterocycles. The van der Waals surface area contributed by atoms with E-state index in [2.05, 4.69) is 49.8 Å². The van der Waals surface area contributed by atoms with Crippen LogP contribution in [0.2, 0.25) is 0 Å². The van der Waals surface area contributed by atoms with Gasteiger partial charge in [0.15, 0.2) is 0 Å².